The van der Waals surface area contributed by atoms with Crippen molar-refractivity contribution in [1.82, 2.24) is 4.98 Å². The minimum absolute atomic E-state index is 0.119. The molecule has 0 radical (unpaired) electrons. The van der Waals surface area contributed by atoms with Gasteiger partial charge in [-0.25, -0.2) is 0 Å². The fourth-order valence-electron chi connectivity index (χ4n) is 3.94. The first-order valence-corrected chi connectivity index (χ1v) is 10.2. The van der Waals surface area contributed by atoms with Crippen molar-refractivity contribution in [1.29, 1.82) is 0 Å². The minimum atomic E-state index is 0.119. The Morgan fingerprint density at radius 1 is 0.714 bits per heavy atom. The maximum absolute atomic E-state index is 4.82. The summed E-state index contributed by atoms with van der Waals surface area (Å²) in [6.07, 6.45) is 4.19. The molecule has 0 spiro atoms. The number of nitrogens with zero attached hydrogens (tertiary/aromatic N) is 1. The van der Waals surface area contributed by atoms with Crippen LogP contribution in [0.15, 0.2) is 85.1 Å². The Balaban J connectivity index is 1.92. The van der Waals surface area contributed by atoms with Crippen LogP contribution in [-0.4, -0.2) is 4.98 Å². The molecule has 4 rings (SSSR count). The van der Waals surface area contributed by atoms with Crippen LogP contribution < -0.4 is 0 Å². The topological polar surface area (TPSA) is 12.9 Å². The van der Waals surface area contributed by atoms with E-state index in [1.165, 1.54) is 33.0 Å². The molecule has 4 aromatic rings. The first-order valence-electron chi connectivity index (χ1n) is 10.2. The SMILES string of the molecule is CCC(C)(CC)c1cc(-c2ccccc2)ccc1-c1cc2ccccc2cn1. The molecule has 1 aromatic heterocycles. The van der Waals surface area contributed by atoms with Crippen molar-refractivity contribution >= 4 is 10.8 Å². The zero-order chi connectivity index (χ0) is 19.6. The van der Waals surface area contributed by atoms with E-state index in [2.05, 4.69) is 99.6 Å². The van der Waals surface area contributed by atoms with Crippen LogP contribution >= 0.6 is 0 Å². The molecular weight excluding hydrogens is 338 g/mol. The Kier molecular flexibility index (Phi) is 5.00. The van der Waals surface area contributed by atoms with Gasteiger partial charge in [-0.3, -0.25) is 4.98 Å². The molecule has 0 saturated carbocycles. The fourth-order valence-corrected chi connectivity index (χ4v) is 3.94. The molecule has 0 atom stereocenters. The second kappa shape index (κ2) is 7.59. The van der Waals surface area contributed by atoms with Crippen LogP contribution in [0.25, 0.3) is 33.2 Å². The molecule has 0 bridgehead atoms. The molecule has 1 heteroatoms. The third kappa shape index (κ3) is 3.33. The highest BCUT2D eigenvalue weighted by atomic mass is 14.7. The van der Waals surface area contributed by atoms with Crippen LogP contribution in [0, 0.1) is 0 Å². The Labute approximate surface area is 168 Å². The third-order valence-electron chi connectivity index (χ3n) is 6.24. The van der Waals surface area contributed by atoms with Gasteiger partial charge in [0, 0.05) is 17.1 Å². The van der Waals surface area contributed by atoms with Crippen molar-refractivity contribution in [2.75, 3.05) is 0 Å². The summed E-state index contributed by atoms with van der Waals surface area (Å²) in [4.78, 5) is 4.82. The van der Waals surface area contributed by atoms with Gasteiger partial charge < -0.3 is 0 Å². The molecule has 1 nitrogen and oxygen atoms in total. The van der Waals surface area contributed by atoms with E-state index in [-0.39, 0.29) is 5.41 Å². The van der Waals surface area contributed by atoms with Gasteiger partial charge in [-0.15, -0.1) is 0 Å². The van der Waals surface area contributed by atoms with Gasteiger partial charge in [0.2, 0.25) is 0 Å². The van der Waals surface area contributed by atoms with Crippen molar-refractivity contribution in [3.8, 4) is 22.4 Å². The predicted molar refractivity (Wildman–Crippen MR) is 121 cm³/mol. The lowest BCUT2D eigenvalue weighted by atomic mass is 9.74. The molecular formula is C27H27N. The quantitative estimate of drug-likeness (QED) is 0.354. The van der Waals surface area contributed by atoms with Crippen LogP contribution in [0.2, 0.25) is 0 Å². The molecule has 0 unspecified atom stereocenters. The molecule has 28 heavy (non-hydrogen) atoms. The lowest BCUT2D eigenvalue weighted by Crippen LogP contribution is -2.21. The van der Waals surface area contributed by atoms with Gasteiger partial charge >= 0.3 is 0 Å². The van der Waals surface area contributed by atoms with Gasteiger partial charge in [0.1, 0.15) is 0 Å². The van der Waals surface area contributed by atoms with Crippen molar-refractivity contribution < 1.29 is 0 Å². The largest absolute Gasteiger partial charge is 0.256 e. The van der Waals surface area contributed by atoms with E-state index >= 15 is 0 Å². The Morgan fingerprint density at radius 3 is 2.11 bits per heavy atom. The Bertz CT molecular complexity index is 1090. The van der Waals surface area contributed by atoms with Crippen LogP contribution in [0.5, 0.6) is 0 Å². The third-order valence-corrected chi connectivity index (χ3v) is 6.24. The normalized spacial score (nSPS) is 11.7. The summed E-state index contributed by atoms with van der Waals surface area (Å²) >= 11 is 0. The molecule has 0 aliphatic heterocycles. The van der Waals surface area contributed by atoms with Crippen molar-refractivity contribution in [3.63, 3.8) is 0 Å². The summed E-state index contributed by atoms with van der Waals surface area (Å²) in [5.41, 5.74) is 6.34. The van der Waals surface area contributed by atoms with Crippen molar-refractivity contribution in [2.24, 2.45) is 0 Å². The molecule has 0 fully saturated rings. The molecule has 0 N–H and O–H groups in total. The van der Waals surface area contributed by atoms with Gasteiger partial charge in [-0.05, 0) is 52.5 Å². The Morgan fingerprint density at radius 2 is 1.39 bits per heavy atom. The number of hydrogen-bond acceptors (Lipinski definition) is 1. The summed E-state index contributed by atoms with van der Waals surface area (Å²) in [7, 11) is 0. The molecule has 0 aliphatic rings. The number of pyridine rings is 1. The van der Waals surface area contributed by atoms with E-state index in [0.717, 1.165) is 18.5 Å². The summed E-state index contributed by atoms with van der Waals surface area (Å²) in [6, 6.07) is 28.2. The number of benzene rings is 3. The van der Waals surface area contributed by atoms with Gasteiger partial charge in [0.15, 0.2) is 0 Å². The second-order valence-electron chi connectivity index (χ2n) is 7.81. The highest BCUT2D eigenvalue weighted by Gasteiger charge is 2.26. The van der Waals surface area contributed by atoms with Crippen LogP contribution in [0.4, 0.5) is 0 Å². The number of rotatable bonds is 5. The maximum atomic E-state index is 4.82. The molecule has 0 saturated heterocycles. The fraction of sp³-hybridized carbons (Fsp3) is 0.222. The smallest absolute Gasteiger partial charge is 0.0711 e. The van der Waals surface area contributed by atoms with Gasteiger partial charge in [-0.1, -0.05) is 87.5 Å². The van der Waals surface area contributed by atoms with Gasteiger partial charge in [0.05, 0.1) is 5.69 Å². The van der Waals surface area contributed by atoms with E-state index < -0.39 is 0 Å². The number of hydrogen-bond donors (Lipinski definition) is 0. The first-order chi connectivity index (χ1) is 13.6. The average molecular weight is 366 g/mol. The average Bonchev–Trinajstić information content (AvgIpc) is 2.78. The predicted octanol–water partition coefficient (Wildman–Crippen LogP) is 7.65. The number of fused-ring (bicyclic) bond motifs is 1. The minimum Gasteiger partial charge on any atom is -0.256 e. The van der Waals surface area contributed by atoms with Gasteiger partial charge in [0.25, 0.3) is 0 Å². The Hall–Kier alpha value is -2.93. The molecule has 0 amide bonds. The first kappa shape index (κ1) is 18.4. The van der Waals surface area contributed by atoms with Crippen LogP contribution in [0.3, 0.4) is 0 Å². The van der Waals surface area contributed by atoms with Gasteiger partial charge in [-0.2, -0.15) is 0 Å². The summed E-state index contributed by atoms with van der Waals surface area (Å²) < 4.78 is 0. The number of aromatic nitrogens is 1. The molecule has 0 aliphatic carbocycles. The van der Waals surface area contributed by atoms with Crippen molar-refractivity contribution in [3.05, 3.63) is 90.6 Å². The van der Waals surface area contributed by atoms with Crippen LogP contribution in [-0.2, 0) is 5.41 Å². The van der Waals surface area contributed by atoms with E-state index in [1.54, 1.807) is 0 Å². The van der Waals surface area contributed by atoms with E-state index in [0.29, 0.717) is 0 Å². The van der Waals surface area contributed by atoms with E-state index in [9.17, 15) is 0 Å². The van der Waals surface area contributed by atoms with E-state index in [1.807, 2.05) is 6.20 Å². The summed E-state index contributed by atoms with van der Waals surface area (Å²) in [6.45, 7) is 6.95. The maximum Gasteiger partial charge on any atom is 0.0711 e. The van der Waals surface area contributed by atoms with Crippen molar-refractivity contribution in [2.45, 2.75) is 39.0 Å². The standard InChI is InChI=1S/C27H27N/c1-4-27(3,5-2)25-17-22(20-11-7-6-8-12-20)15-16-24(25)26-18-21-13-9-10-14-23(21)19-28-26/h6-19H,4-5H2,1-3H3. The zero-order valence-corrected chi connectivity index (χ0v) is 16.9. The lowest BCUT2D eigenvalue weighted by Gasteiger charge is -2.30. The van der Waals surface area contributed by atoms with E-state index in [4.69, 9.17) is 4.98 Å². The molecule has 140 valence electrons. The summed E-state index contributed by atoms with van der Waals surface area (Å²) in [5.74, 6) is 0. The highest BCUT2D eigenvalue weighted by molar-refractivity contribution is 5.86. The van der Waals surface area contributed by atoms with Crippen LogP contribution in [0.1, 0.15) is 39.2 Å². The summed E-state index contributed by atoms with van der Waals surface area (Å²) in [5, 5.41) is 2.42. The highest BCUT2D eigenvalue weighted by Crippen LogP contribution is 2.40. The molecule has 1 heterocycles. The molecule has 3 aromatic carbocycles. The zero-order valence-electron chi connectivity index (χ0n) is 16.9. The lowest BCUT2D eigenvalue weighted by molar-refractivity contribution is 0.440. The second-order valence-corrected chi connectivity index (χ2v) is 7.81. The monoisotopic (exact) mass is 365 g/mol.